The van der Waals surface area contributed by atoms with E-state index in [1.807, 2.05) is 36.4 Å². The van der Waals surface area contributed by atoms with E-state index >= 15 is 0 Å². The molecule has 32 heavy (non-hydrogen) atoms. The second-order valence-corrected chi connectivity index (χ2v) is 8.82. The Labute approximate surface area is 188 Å². The number of pyridine rings is 1. The van der Waals surface area contributed by atoms with E-state index < -0.39 is 0 Å². The fourth-order valence-electron chi connectivity index (χ4n) is 5.02. The average Bonchev–Trinajstić information content (AvgIpc) is 2.83. The number of aromatic nitrogens is 3. The largest absolute Gasteiger partial charge is 0.507 e. The van der Waals surface area contributed by atoms with E-state index in [-0.39, 0.29) is 5.75 Å². The van der Waals surface area contributed by atoms with Gasteiger partial charge in [0.15, 0.2) is 5.82 Å². The van der Waals surface area contributed by atoms with Crippen molar-refractivity contribution in [3.63, 3.8) is 0 Å². The van der Waals surface area contributed by atoms with Crippen LogP contribution in [-0.2, 0) is 0 Å². The Morgan fingerprint density at radius 1 is 1.00 bits per heavy atom. The first kappa shape index (κ1) is 20.7. The molecular formula is C25H29N5O2. The predicted molar refractivity (Wildman–Crippen MR) is 125 cm³/mol. The quantitative estimate of drug-likeness (QED) is 0.631. The number of fused-ring (bicyclic) bond motifs is 2. The van der Waals surface area contributed by atoms with Gasteiger partial charge in [0.2, 0.25) is 5.88 Å². The Morgan fingerprint density at radius 2 is 1.78 bits per heavy atom. The standard InChI is InChI=1S/C25H29N5O2/c1-30(20-14-18-4-3-5-19(15-20)27-18)24-9-8-22(28-29-24)21-7-6-16(12-23(21)31)17-10-11-26-25(13-17)32-2/h6-13,18-20,27,31H,3-5,14-15H2,1-2H3/t18-,19+,20+. The molecule has 2 aliphatic rings. The van der Waals surface area contributed by atoms with Crippen molar-refractivity contribution in [2.75, 3.05) is 19.1 Å². The van der Waals surface area contributed by atoms with Crippen LogP contribution in [0.1, 0.15) is 32.1 Å². The fourth-order valence-corrected chi connectivity index (χ4v) is 5.02. The number of anilines is 1. The number of methoxy groups -OCH3 is 1. The molecule has 2 N–H and O–H groups in total. The van der Waals surface area contributed by atoms with Gasteiger partial charge < -0.3 is 20.1 Å². The molecule has 0 radical (unpaired) electrons. The molecule has 0 spiro atoms. The number of nitrogens with zero attached hydrogens (tertiary/aromatic N) is 4. The molecule has 1 aromatic carbocycles. The van der Waals surface area contributed by atoms with Crippen molar-refractivity contribution < 1.29 is 9.84 Å². The first-order chi connectivity index (χ1) is 15.6. The number of hydrogen-bond donors (Lipinski definition) is 2. The van der Waals surface area contributed by atoms with Crippen molar-refractivity contribution in [2.24, 2.45) is 0 Å². The van der Waals surface area contributed by atoms with Gasteiger partial charge in [-0.2, -0.15) is 0 Å². The molecule has 0 unspecified atom stereocenters. The molecule has 2 bridgehead atoms. The topological polar surface area (TPSA) is 83.4 Å². The summed E-state index contributed by atoms with van der Waals surface area (Å²) in [6, 6.07) is 15.0. The maximum absolute atomic E-state index is 10.7. The predicted octanol–water partition coefficient (Wildman–Crippen LogP) is 4.03. The molecule has 3 atom stereocenters. The molecule has 0 aliphatic carbocycles. The maximum Gasteiger partial charge on any atom is 0.213 e. The van der Waals surface area contributed by atoms with Gasteiger partial charge in [0, 0.05) is 43.0 Å². The number of ether oxygens (including phenoxy) is 1. The second-order valence-electron chi connectivity index (χ2n) is 8.82. The van der Waals surface area contributed by atoms with Crippen LogP contribution in [0.4, 0.5) is 5.82 Å². The summed E-state index contributed by atoms with van der Waals surface area (Å²) in [5, 5.41) is 23.3. The number of benzene rings is 1. The number of phenolic OH excluding ortho intramolecular Hbond substituents is 1. The molecule has 3 aromatic rings. The molecule has 2 saturated heterocycles. The maximum atomic E-state index is 10.7. The van der Waals surface area contributed by atoms with Gasteiger partial charge in [0.05, 0.1) is 12.8 Å². The highest BCUT2D eigenvalue weighted by molar-refractivity contribution is 5.74. The Morgan fingerprint density at radius 3 is 2.47 bits per heavy atom. The Hall–Kier alpha value is -3.19. The van der Waals surface area contributed by atoms with E-state index in [1.165, 1.54) is 19.3 Å². The minimum atomic E-state index is 0.167. The molecule has 0 saturated carbocycles. The van der Waals surface area contributed by atoms with Crippen LogP contribution in [0, 0.1) is 0 Å². The van der Waals surface area contributed by atoms with Gasteiger partial charge in [0.1, 0.15) is 5.75 Å². The molecular weight excluding hydrogens is 402 g/mol. The summed E-state index contributed by atoms with van der Waals surface area (Å²) in [5.41, 5.74) is 3.12. The van der Waals surface area contributed by atoms with Crippen molar-refractivity contribution in [3.05, 3.63) is 48.7 Å². The van der Waals surface area contributed by atoms with E-state index in [1.54, 1.807) is 19.4 Å². The summed E-state index contributed by atoms with van der Waals surface area (Å²) in [6.07, 6.45) is 7.87. The first-order valence-electron chi connectivity index (χ1n) is 11.3. The molecule has 2 aliphatic heterocycles. The van der Waals surface area contributed by atoms with E-state index in [4.69, 9.17) is 4.74 Å². The SMILES string of the molecule is COc1cc(-c2ccc(-c3ccc(N(C)[C@H]4C[C@H]5CCC[C@@H](C4)N5)nn3)c(O)c2)ccn1. The third kappa shape index (κ3) is 4.12. The smallest absolute Gasteiger partial charge is 0.213 e. The van der Waals surface area contributed by atoms with Gasteiger partial charge >= 0.3 is 0 Å². The lowest BCUT2D eigenvalue weighted by molar-refractivity contribution is 0.219. The first-order valence-corrected chi connectivity index (χ1v) is 11.3. The zero-order chi connectivity index (χ0) is 22.1. The van der Waals surface area contributed by atoms with Gasteiger partial charge in [-0.1, -0.05) is 12.5 Å². The van der Waals surface area contributed by atoms with Gasteiger partial charge in [-0.05, 0) is 67.1 Å². The number of hydrogen-bond acceptors (Lipinski definition) is 7. The van der Waals surface area contributed by atoms with Gasteiger partial charge in [-0.15, -0.1) is 10.2 Å². The third-order valence-corrected chi connectivity index (χ3v) is 6.80. The summed E-state index contributed by atoms with van der Waals surface area (Å²) in [4.78, 5) is 6.40. The Kier molecular flexibility index (Phi) is 5.66. The molecule has 4 heterocycles. The Balaban J connectivity index is 1.33. The van der Waals surface area contributed by atoms with Crippen molar-refractivity contribution in [3.8, 4) is 34.0 Å². The fraction of sp³-hybridized carbons (Fsp3) is 0.400. The van der Waals surface area contributed by atoms with E-state index in [9.17, 15) is 5.11 Å². The van der Waals surface area contributed by atoms with Gasteiger partial charge in [0.25, 0.3) is 0 Å². The lowest BCUT2D eigenvalue weighted by Crippen LogP contribution is -2.54. The summed E-state index contributed by atoms with van der Waals surface area (Å²) < 4.78 is 5.20. The average molecular weight is 432 g/mol. The normalized spacial score (nSPS) is 22.4. The highest BCUT2D eigenvalue weighted by atomic mass is 16.5. The molecule has 7 nitrogen and oxygen atoms in total. The third-order valence-electron chi connectivity index (χ3n) is 6.80. The van der Waals surface area contributed by atoms with Crippen molar-refractivity contribution in [1.29, 1.82) is 0 Å². The number of phenols is 1. The highest BCUT2D eigenvalue weighted by Gasteiger charge is 2.33. The molecule has 5 rings (SSSR count). The number of piperidine rings is 2. The number of rotatable bonds is 5. The molecule has 166 valence electrons. The summed E-state index contributed by atoms with van der Waals surface area (Å²) in [7, 11) is 3.70. The number of aromatic hydroxyl groups is 1. The van der Waals surface area contributed by atoms with Crippen LogP contribution in [0.25, 0.3) is 22.4 Å². The van der Waals surface area contributed by atoms with E-state index in [2.05, 4.69) is 32.4 Å². The summed E-state index contributed by atoms with van der Waals surface area (Å²) in [5.74, 6) is 1.58. The van der Waals surface area contributed by atoms with Crippen molar-refractivity contribution in [1.82, 2.24) is 20.5 Å². The highest BCUT2D eigenvalue weighted by Crippen LogP contribution is 2.34. The van der Waals surface area contributed by atoms with Crippen LogP contribution in [0.3, 0.4) is 0 Å². The van der Waals surface area contributed by atoms with Crippen molar-refractivity contribution >= 4 is 5.82 Å². The minimum Gasteiger partial charge on any atom is -0.507 e. The minimum absolute atomic E-state index is 0.167. The van der Waals surface area contributed by atoms with Crippen LogP contribution in [-0.4, -0.2) is 52.6 Å². The van der Waals surface area contributed by atoms with Gasteiger partial charge in [-0.25, -0.2) is 4.98 Å². The van der Waals surface area contributed by atoms with Crippen LogP contribution in [0.2, 0.25) is 0 Å². The number of nitrogens with one attached hydrogen (secondary N) is 1. The van der Waals surface area contributed by atoms with E-state index in [0.29, 0.717) is 35.3 Å². The van der Waals surface area contributed by atoms with Crippen molar-refractivity contribution in [2.45, 2.75) is 50.2 Å². The molecule has 2 aromatic heterocycles. The monoisotopic (exact) mass is 431 g/mol. The summed E-state index contributed by atoms with van der Waals surface area (Å²) >= 11 is 0. The van der Waals surface area contributed by atoms with Gasteiger partial charge in [-0.3, -0.25) is 0 Å². The lowest BCUT2D eigenvalue weighted by atomic mass is 9.83. The zero-order valence-corrected chi connectivity index (χ0v) is 18.5. The molecule has 0 amide bonds. The van der Waals surface area contributed by atoms with Crippen LogP contribution < -0.4 is 15.0 Å². The Bertz CT molecular complexity index is 1080. The molecule has 2 fully saturated rings. The second kappa shape index (κ2) is 8.74. The van der Waals surface area contributed by atoms with Crippen LogP contribution >= 0.6 is 0 Å². The van der Waals surface area contributed by atoms with Crippen LogP contribution in [0.15, 0.2) is 48.7 Å². The van der Waals surface area contributed by atoms with Crippen LogP contribution in [0.5, 0.6) is 11.6 Å². The molecule has 7 heteroatoms. The zero-order valence-electron chi connectivity index (χ0n) is 18.5. The lowest BCUT2D eigenvalue weighted by Gasteiger charge is -2.43. The summed E-state index contributed by atoms with van der Waals surface area (Å²) in [6.45, 7) is 0. The van der Waals surface area contributed by atoms with E-state index in [0.717, 1.165) is 29.8 Å².